The van der Waals surface area contributed by atoms with Gasteiger partial charge in [-0.3, -0.25) is 14.2 Å². The van der Waals surface area contributed by atoms with Gasteiger partial charge in [-0.2, -0.15) is 0 Å². The number of nitrogens with zero attached hydrogens (tertiary/aromatic N) is 3. The first-order chi connectivity index (χ1) is 15.2. The predicted molar refractivity (Wildman–Crippen MR) is 127 cm³/mol. The molecule has 0 saturated carbocycles. The zero-order valence-corrected chi connectivity index (χ0v) is 19.7. The van der Waals surface area contributed by atoms with E-state index in [0.717, 1.165) is 5.69 Å². The van der Waals surface area contributed by atoms with E-state index in [2.05, 4.69) is 4.98 Å². The smallest absolute Gasteiger partial charge is 0.337 e. The molecule has 0 aliphatic heterocycles. The quantitative estimate of drug-likeness (QED) is 0.306. The van der Waals surface area contributed by atoms with Crippen molar-refractivity contribution in [3.8, 4) is 0 Å². The highest BCUT2D eigenvalue weighted by Gasteiger charge is 2.23. The summed E-state index contributed by atoms with van der Waals surface area (Å²) in [6.07, 6.45) is 0. The number of ether oxygens (including phenoxy) is 1. The fourth-order valence-corrected chi connectivity index (χ4v) is 4.33. The molecule has 2 aromatic carbocycles. The lowest BCUT2D eigenvalue weighted by Gasteiger charge is -2.22. The molecule has 1 amide bonds. The second-order valence-electron chi connectivity index (χ2n) is 7.92. The van der Waals surface area contributed by atoms with Gasteiger partial charge in [0, 0.05) is 19.3 Å². The second kappa shape index (κ2) is 9.99. The Morgan fingerprint density at radius 3 is 2.44 bits per heavy atom. The number of carbonyl (C=O) groups is 2. The summed E-state index contributed by atoms with van der Waals surface area (Å²) in [6, 6.07) is 14.1. The Morgan fingerprint density at radius 2 is 1.81 bits per heavy atom. The van der Waals surface area contributed by atoms with Crippen LogP contribution in [0.2, 0.25) is 0 Å². The minimum atomic E-state index is -0.498. The molecule has 0 N–H and O–H groups in total. The first-order valence-electron chi connectivity index (χ1n) is 10.3. The van der Waals surface area contributed by atoms with Crippen molar-refractivity contribution in [1.29, 1.82) is 0 Å². The predicted octanol–water partition coefficient (Wildman–Crippen LogP) is 3.98. The Bertz CT molecular complexity index is 1190. The summed E-state index contributed by atoms with van der Waals surface area (Å²) < 4.78 is 6.39. The van der Waals surface area contributed by atoms with E-state index in [1.807, 2.05) is 44.2 Å². The molecule has 0 aliphatic carbocycles. The van der Waals surface area contributed by atoms with Crippen molar-refractivity contribution in [1.82, 2.24) is 9.55 Å². The molecule has 1 heterocycles. The molecule has 0 spiro atoms. The van der Waals surface area contributed by atoms with Crippen molar-refractivity contribution in [3.05, 3.63) is 64.4 Å². The van der Waals surface area contributed by atoms with Crippen LogP contribution >= 0.6 is 11.8 Å². The maximum Gasteiger partial charge on any atom is 0.337 e. The van der Waals surface area contributed by atoms with E-state index in [0.29, 0.717) is 28.2 Å². The zero-order chi connectivity index (χ0) is 23.4. The summed E-state index contributed by atoms with van der Waals surface area (Å²) in [7, 11) is 3.03. The highest BCUT2D eigenvalue weighted by Crippen LogP contribution is 2.26. The van der Waals surface area contributed by atoms with Gasteiger partial charge in [-0.1, -0.05) is 43.8 Å². The number of methoxy groups -OCH3 is 1. The number of carbonyl (C=O) groups excluding carboxylic acids is 2. The zero-order valence-electron chi connectivity index (χ0n) is 18.9. The minimum Gasteiger partial charge on any atom is -0.465 e. The Labute approximate surface area is 191 Å². The number of hydrogen-bond acceptors (Lipinski definition) is 6. The van der Waals surface area contributed by atoms with Crippen molar-refractivity contribution < 1.29 is 14.3 Å². The summed E-state index contributed by atoms with van der Waals surface area (Å²) in [6.45, 7) is 6.30. The van der Waals surface area contributed by atoms with Crippen molar-refractivity contribution >= 4 is 40.2 Å². The molecule has 1 aromatic heterocycles. The Morgan fingerprint density at radius 1 is 1.12 bits per heavy atom. The van der Waals surface area contributed by atoms with E-state index < -0.39 is 11.2 Å². The lowest BCUT2D eigenvalue weighted by Crippen LogP contribution is -2.34. The van der Waals surface area contributed by atoms with Gasteiger partial charge in [-0.05, 0) is 43.2 Å². The number of anilines is 1. The highest BCUT2D eigenvalue weighted by molar-refractivity contribution is 8.00. The number of thioether (sulfide) groups is 1. The second-order valence-corrected chi connectivity index (χ2v) is 9.23. The molecule has 3 rings (SSSR count). The molecular formula is C24H27N3O4S. The first kappa shape index (κ1) is 23.5. The van der Waals surface area contributed by atoms with Crippen LogP contribution < -0.4 is 10.5 Å². The van der Waals surface area contributed by atoms with Crippen molar-refractivity contribution in [2.75, 3.05) is 19.1 Å². The number of aromatic nitrogens is 2. The van der Waals surface area contributed by atoms with Crippen LogP contribution in [-0.4, -0.2) is 40.8 Å². The molecule has 32 heavy (non-hydrogen) atoms. The van der Waals surface area contributed by atoms with E-state index in [4.69, 9.17) is 4.74 Å². The first-order valence-corrected chi connectivity index (χ1v) is 11.2. The van der Waals surface area contributed by atoms with Crippen LogP contribution in [0.5, 0.6) is 0 Å². The Hall–Kier alpha value is -3.13. The Balaban J connectivity index is 2.01. The number of benzene rings is 2. The molecule has 8 heteroatoms. The molecule has 3 aromatic rings. The van der Waals surface area contributed by atoms with Gasteiger partial charge in [0.1, 0.15) is 0 Å². The molecule has 0 saturated heterocycles. The Kier molecular flexibility index (Phi) is 7.35. The van der Waals surface area contributed by atoms with Crippen molar-refractivity contribution in [2.45, 2.75) is 37.7 Å². The SMILES string of the molecule is COC(=O)c1ccc2c(=O)n(CC(C)C)c(SC(C)C(=O)N(C)c3ccccc3)nc2c1. The summed E-state index contributed by atoms with van der Waals surface area (Å²) >= 11 is 1.24. The molecule has 1 unspecified atom stereocenters. The van der Waals surface area contributed by atoms with Crippen molar-refractivity contribution in [3.63, 3.8) is 0 Å². The molecule has 0 radical (unpaired) electrons. The highest BCUT2D eigenvalue weighted by atomic mass is 32.2. The van der Waals surface area contributed by atoms with Gasteiger partial charge in [0.05, 0.1) is 28.8 Å². The van der Waals surface area contributed by atoms with Gasteiger partial charge < -0.3 is 9.64 Å². The average molecular weight is 454 g/mol. The third-order valence-corrected chi connectivity index (χ3v) is 6.07. The molecule has 7 nitrogen and oxygen atoms in total. The number of para-hydroxylation sites is 1. The molecular weight excluding hydrogens is 426 g/mol. The monoisotopic (exact) mass is 453 g/mol. The van der Waals surface area contributed by atoms with Gasteiger partial charge >= 0.3 is 5.97 Å². The normalized spacial score (nSPS) is 12.1. The number of fused-ring (bicyclic) bond motifs is 1. The third kappa shape index (κ3) is 5.02. The van der Waals surface area contributed by atoms with Gasteiger partial charge in [0.2, 0.25) is 5.91 Å². The lowest BCUT2D eigenvalue weighted by molar-refractivity contribution is -0.117. The van der Waals surface area contributed by atoms with E-state index >= 15 is 0 Å². The average Bonchev–Trinajstić information content (AvgIpc) is 2.80. The van der Waals surface area contributed by atoms with Crippen LogP contribution in [0.4, 0.5) is 5.69 Å². The van der Waals surface area contributed by atoms with Crippen LogP contribution in [0, 0.1) is 5.92 Å². The summed E-state index contributed by atoms with van der Waals surface area (Å²) in [5.74, 6) is -0.393. The van der Waals surface area contributed by atoms with Crippen molar-refractivity contribution in [2.24, 2.45) is 5.92 Å². The topological polar surface area (TPSA) is 81.5 Å². The van der Waals surface area contributed by atoms with Gasteiger partial charge in [-0.15, -0.1) is 0 Å². The molecule has 0 aliphatic rings. The van der Waals surface area contributed by atoms with Crippen LogP contribution in [0.3, 0.4) is 0 Å². The third-order valence-electron chi connectivity index (χ3n) is 4.99. The fraction of sp³-hybridized carbons (Fsp3) is 0.333. The summed E-state index contributed by atoms with van der Waals surface area (Å²) in [5.41, 5.74) is 1.31. The van der Waals surface area contributed by atoms with Crippen LogP contribution in [0.1, 0.15) is 31.1 Å². The molecule has 1 atom stereocenters. The van der Waals surface area contributed by atoms with E-state index in [1.54, 1.807) is 41.6 Å². The van der Waals surface area contributed by atoms with Gasteiger partial charge in [0.25, 0.3) is 5.56 Å². The largest absolute Gasteiger partial charge is 0.465 e. The van der Waals surface area contributed by atoms with Crippen LogP contribution in [-0.2, 0) is 16.1 Å². The number of esters is 1. The molecule has 0 bridgehead atoms. The number of hydrogen-bond donors (Lipinski definition) is 0. The van der Waals surface area contributed by atoms with E-state index in [1.165, 1.54) is 18.9 Å². The van der Waals surface area contributed by atoms with Crippen LogP contribution in [0.15, 0.2) is 58.5 Å². The minimum absolute atomic E-state index is 0.102. The maximum absolute atomic E-state index is 13.2. The number of rotatable bonds is 7. The molecule has 0 fully saturated rings. The van der Waals surface area contributed by atoms with E-state index in [-0.39, 0.29) is 17.4 Å². The summed E-state index contributed by atoms with van der Waals surface area (Å²) in [5, 5.41) is 0.385. The standard InChI is InChI=1S/C24H27N3O4S/c1-15(2)14-27-22(29)19-12-11-17(23(30)31-5)13-20(19)25-24(27)32-16(3)21(28)26(4)18-9-7-6-8-10-18/h6-13,15-16H,14H2,1-5H3. The van der Waals surface area contributed by atoms with Crippen LogP contribution in [0.25, 0.3) is 10.9 Å². The number of amides is 1. The van der Waals surface area contributed by atoms with E-state index in [9.17, 15) is 14.4 Å². The maximum atomic E-state index is 13.2. The molecule has 168 valence electrons. The summed E-state index contributed by atoms with van der Waals surface area (Å²) in [4.78, 5) is 44.5. The van der Waals surface area contributed by atoms with Gasteiger partial charge in [0.15, 0.2) is 5.16 Å². The van der Waals surface area contributed by atoms with Gasteiger partial charge in [-0.25, -0.2) is 9.78 Å². The fourth-order valence-electron chi connectivity index (χ4n) is 3.32. The lowest BCUT2D eigenvalue weighted by atomic mass is 10.1.